The lowest BCUT2D eigenvalue weighted by Gasteiger charge is -2.25. The Bertz CT molecular complexity index is 926. The molecular formula is C20H25N3O6. The van der Waals surface area contributed by atoms with Crippen LogP contribution in [0.25, 0.3) is 0 Å². The minimum atomic E-state index is -1.16. The fraction of sp³-hybridized carbons (Fsp3) is 0.400. The Morgan fingerprint density at radius 3 is 2.17 bits per heavy atom. The smallest absolute Gasteiger partial charge is 0.407 e. The summed E-state index contributed by atoms with van der Waals surface area (Å²) in [6, 6.07) is 8.99. The van der Waals surface area contributed by atoms with Gasteiger partial charge in [0.1, 0.15) is 23.5 Å². The maximum atomic E-state index is 12.2. The second-order valence-electron chi connectivity index (χ2n) is 7.57. The highest BCUT2D eigenvalue weighted by Crippen LogP contribution is 2.15. The Labute approximate surface area is 167 Å². The largest absolute Gasteiger partial charge is 0.480 e. The third kappa shape index (κ3) is 6.63. The Morgan fingerprint density at radius 1 is 1.03 bits per heavy atom. The molecule has 2 aromatic rings. The Balaban J connectivity index is 2.08. The van der Waals surface area contributed by atoms with Crippen molar-refractivity contribution < 1.29 is 19.4 Å². The van der Waals surface area contributed by atoms with Gasteiger partial charge in [-0.25, -0.2) is 4.79 Å². The molecule has 1 amide bonds. The van der Waals surface area contributed by atoms with E-state index in [-0.39, 0.29) is 17.9 Å². The SMILES string of the molecule is CC(C)(C)OC(=O)N[C@H](CNc1c(NCC(=O)O)c(=O)c1=O)Cc1ccccc1. The van der Waals surface area contributed by atoms with Crippen LogP contribution in [0, 0.1) is 0 Å². The second kappa shape index (κ2) is 9.22. The van der Waals surface area contributed by atoms with Crippen molar-refractivity contribution in [3.05, 3.63) is 56.3 Å². The molecule has 0 aliphatic heterocycles. The molecule has 0 aromatic heterocycles. The summed E-state index contributed by atoms with van der Waals surface area (Å²) in [5.41, 5.74) is -1.25. The van der Waals surface area contributed by atoms with Crippen molar-refractivity contribution in [3.63, 3.8) is 0 Å². The van der Waals surface area contributed by atoms with Gasteiger partial charge in [0.2, 0.25) is 0 Å². The molecule has 0 bridgehead atoms. The van der Waals surface area contributed by atoms with E-state index in [9.17, 15) is 19.2 Å². The van der Waals surface area contributed by atoms with Gasteiger partial charge in [-0.2, -0.15) is 0 Å². The van der Waals surface area contributed by atoms with Gasteiger partial charge >= 0.3 is 12.1 Å². The molecule has 4 N–H and O–H groups in total. The molecule has 0 heterocycles. The maximum absolute atomic E-state index is 12.2. The number of carboxylic acids is 1. The van der Waals surface area contributed by atoms with Crippen LogP contribution in [-0.4, -0.2) is 41.9 Å². The van der Waals surface area contributed by atoms with Crippen molar-refractivity contribution in [1.29, 1.82) is 0 Å². The predicted molar refractivity (Wildman–Crippen MR) is 109 cm³/mol. The normalized spacial score (nSPS) is 12.2. The molecule has 0 spiro atoms. The highest BCUT2D eigenvalue weighted by Gasteiger charge is 2.24. The van der Waals surface area contributed by atoms with Crippen molar-refractivity contribution >= 4 is 23.4 Å². The molecule has 0 aliphatic carbocycles. The number of hydrogen-bond acceptors (Lipinski definition) is 7. The molecule has 2 aromatic carbocycles. The van der Waals surface area contributed by atoms with Crippen LogP contribution < -0.4 is 26.8 Å². The van der Waals surface area contributed by atoms with Crippen LogP contribution in [0.3, 0.4) is 0 Å². The van der Waals surface area contributed by atoms with E-state index in [1.807, 2.05) is 30.3 Å². The zero-order valence-corrected chi connectivity index (χ0v) is 16.6. The maximum Gasteiger partial charge on any atom is 0.407 e. The van der Waals surface area contributed by atoms with Gasteiger partial charge in [0.15, 0.2) is 0 Å². The first-order valence-corrected chi connectivity index (χ1v) is 9.13. The molecule has 1 atom stereocenters. The first-order valence-electron chi connectivity index (χ1n) is 9.13. The lowest BCUT2D eigenvalue weighted by Crippen LogP contribution is -2.45. The molecule has 0 saturated heterocycles. The minimum absolute atomic E-state index is 0.0142. The van der Waals surface area contributed by atoms with Crippen LogP contribution >= 0.6 is 0 Å². The number of nitrogens with one attached hydrogen (secondary N) is 3. The highest BCUT2D eigenvalue weighted by molar-refractivity contribution is 5.79. The highest BCUT2D eigenvalue weighted by atomic mass is 16.6. The number of carboxylic acid groups (broad SMARTS) is 1. The predicted octanol–water partition coefficient (Wildman–Crippen LogP) is 1.33. The Hall–Kier alpha value is -3.36. The molecule has 0 unspecified atom stereocenters. The average Bonchev–Trinajstić information content (AvgIpc) is 2.62. The van der Waals surface area contributed by atoms with Gasteiger partial charge in [0.25, 0.3) is 10.9 Å². The van der Waals surface area contributed by atoms with Crippen molar-refractivity contribution in [2.75, 3.05) is 23.7 Å². The van der Waals surface area contributed by atoms with Crippen molar-refractivity contribution in [3.8, 4) is 0 Å². The van der Waals surface area contributed by atoms with E-state index >= 15 is 0 Å². The first-order chi connectivity index (χ1) is 13.6. The summed E-state index contributed by atoms with van der Waals surface area (Å²) >= 11 is 0. The summed E-state index contributed by atoms with van der Waals surface area (Å²) < 4.78 is 5.29. The van der Waals surface area contributed by atoms with E-state index < -0.39 is 41.1 Å². The first kappa shape index (κ1) is 21.9. The summed E-state index contributed by atoms with van der Waals surface area (Å²) in [6.07, 6.45) is -0.144. The molecule has 9 heteroatoms. The number of carbonyl (C=O) groups is 2. The van der Waals surface area contributed by atoms with Gasteiger partial charge in [0.05, 0.1) is 6.04 Å². The van der Waals surface area contributed by atoms with Gasteiger partial charge in [-0.15, -0.1) is 0 Å². The number of carbonyl (C=O) groups excluding carboxylic acids is 1. The number of alkyl carbamates (subject to hydrolysis) is 1. The van der Waals surface area contributed by atoms with Crippen molar-refractivity contribution in [2.45, 2.75) is 38.8 Å². The fourth-order valence-corrected chi connectivity index (χ4v) is 2.67. The van der Waals surface area contributed by atoms with Crippen LogP contribution in [-0.2, 0) is 16.0 Å². The van der Waals surface area contributed by atoms with Gasteiger partial charge < -0.3 is 25.8 Å². The van der Waals surface area contributed by atoms with E-state index in [0.717, 1.165) is 5.56 Å². The topological polar surface area (TPSA) is 134 Å². The molecule has 0 saturated carbocycles. The Kier molecular flexibility index (Phi) is 6.98. The van der Waals surface area contributed by atoms with Gasteiger partial charge in [-0.1, -0.05) is 30.3 Å². The lowest BCUT2D eigenvalue weighted by molar-refractivity contribution is -0.134. The zero-order valence-electron chi connectivity index (χ0n) is 16.6. The standard InChI is InChI=1S/C20H25N3O6/c1-20(2,3)29-19(28)23-13(9-12-7-5-4-6-8-12)10-21-15-16(18(27)17(15)26)22-11-14(24)25/h4-8,13,21-22H,9-11H2,1-3H3,(H,23,28)(H,24,25)/t13-/m0/s1. The number of anilines is 2. The van der Waals surface area contributed by atoms with Crippen LogP contribution in [0.5, 0.6) is 0 Å². The molecule has 9 nitrogen and oxygen atoms in total. The van der Waals surface area contributed by atoms with Crippen molar-refractivity contribution in [2.24, 2.45) is 0 Å². The van der Waals surface area contributed by atoms with Gasteiger partial charge in [-0.05, 0) is 32.8 Å². The van der Waals surface area contributed by atoms with Gasteiger partial charge in [-0.3, -0.25) is 14.4 Å². The third-order valence-electron chi connectivity index (χ3n) is 3.90. The molecule has 0 aliphatic rings. The van der Waals surface area contributed by atoms with Crippen LogP contribution in [0.4, 0.5) is 16.2 Å². The molecular weight excluding hydrogens is 378 g/mol. The second-order valence-corrected chi connectivity index (χ2v) is 7.57. The number of hydrogen-bond donors (Lipinski definition) is 4. The summed E-state index contributed by atoms with van der Waals surface area (Å²) in [5.74, 6) is -1.16. The van der Waals surface area contributed by atoms with Crippen molar-refractivity contribution in [1.82, 2.24) is 5.32 Å². The van der Waals surface area contributed by atoms with E-state index in [1.165, 1.54) is 0 Å². The van der Waals surface area contributed by atoms with Crippen LogP contribution in [0.1, 0.15) is 26.3 Å². The molecule has 0 radical (unpaired) electrons. The third-order valence-corrected chi connectivity index (χ3v) is 3.90. The number of aliphatic carboxylic acids is 1. The number of amides is 1. The van der Waals surface area contributed by atoms with Gasteiger partial charge in [0, 0.05) is 6.54 Å². The summed E-state index contributed by atoms with van der Waals surface area (Å²) in [4.78, 5) is 46.3. The monoisotopic (exact) mass is 403 g/mol. The number of benzene rings is 1. The number of rotatable bonds is 9. The zero-order chi connectivity index (χ0) is 21.6. The molecule has 29 heavy (non-hydrogen) atoms. The fourth-order valence-electron chi connectivity index (χ4n) is 2.67. The molecule has 0 fully saturated rings. The molecule has 2 rings (SSSR count). The number of ether oxygens (including phenoxy) is 1. The molecule has 156 valence electrons. The van der Waals surface area contributed by atoms with E-state index in [1.54, 1.807) is 20.8 Å². The van der Waals surface area contributed by atoms with E-state index in [0.29, 0.717) is 6.42 Å². The average molecular weight is 403 g/mol. The summed E-state index contributed by atoms with van der Waals surface area (Å²) in [6.45, 7) is 4.91. The lowest BCUT2D eigenvalue weighted by atomic mass is 10.1. The van der Waals surface area contributed by atoms with Crippen LogP contribution in [0.2, 0.25) is 0 Å². The Morgan fingerprint density at radius 2 is 1.62 bits per heavy atom. The van der Waals surface area contributed by atoms with E-state index in [4.69, 9.17) is 9.84 Å². The van der Waals surface area contributed by atoms with E-state index in [2.05, 4.69) is 16.0 Å². The minimum Gasteiger partial charge on any atom is -0.480 e. The summed E-state index contributed by atoms with van der Waals surface area (Å²) in [7, 11) is 0. The quantitative estimate of drug-likeness (QED) is 0.461. The summed E-state index contributed by atoms with van der Waals surface area (Å²) in [5, 5.41) is 16.8. The van der Waals surface area contributed by atoms with Crippen LogP contribution in [0.15, 0.2) is 39.9 Å².